The van der Waals surface area contributed by atoms with Gasteiger partial charge in [-0.05, 0) is 37.3 Å². The number of carboxylic acid groups (broad SMARTS) is 1. The molecule has 172 valence electrons. The molecule has 1 unspecified atom stereocenters. The predicted octanol–water partition coefficient (Wildman–Crippen LogP) is 3.02. The summed E-state index contributed by atoms with van der Waals surface area (Å²) in [4.78, 5) is 39.3. The first-order valence-electron chi connectivity index (χ1n) is 10.9. The van der Waals surface area contributed by atoms with Crippen molar-refractivity contribution in [1.29, 1.82) is 0 Å². The van der Waals surface area contributed by atoms with E-state index in [-0.39, 0.29) is 13.0 Å². The van der Waals surface area contributed by atoms with E-state index in [0.29, 0.717) is 19.3 Å². The van der Waals surface area contributed by atoms with Gasteiger partial charge in [0, 0.05) is 37.7 Å². The van der Waals surface area contributed by atoms with E-state index in [9.17, 15) is 19.5 Å². The summed E-state index contributed by atoms with van der Waals surface area (Å²) in [6.07, 6.45) is 3.20. The van der Waals surface area contributed by atoms with Gasteiger partial charge in [-0.1, -0.05) is 25.1 Å². The molecule has 3 rings (SSSR count). The summed E-state index contributed by atoms with van der Waals surface area (Å²) in [6.45, 7) is 3.36. The number of benzene rings is 1. The molecular weight excluding hydrogens is 414 g/mol. The van der Waals surface area contributed by atoms with Crippen LogP contribution in [0.2, 0.25) is 0 Å². The third-order valence-electron chi connectivity index (χ3n) is 5.48. The highest BCUT2D eigenvalue weighted by Gasteiger charge is 2.24. The van der Waals surface area contributed by atoms with Gasteiger partial charge in [0.2, 0.25) is 6.29 Å². The van der Waals surface area contributed by atoms with Crippen LogP contribution in [0, 0.1) is 5.92 Å². The van der Waals surface area contributed by atoms with Crippen LogP contribution in [0.3, 0.4) is 0 Å². The van der Waals surface area contributed by atoms with Crippen LogP contribution < -0.4 is 5.32 Å². The molecule has 1 amide bonds. The number of ether oxygens (including phenoxy) is 2. The number of nitrogens with one attached hydrogen (secondary N) is 1. The van der Waals surface area contributed by atoms with Crippen LogP contribution >= 0.6 is 0 Å². The second-order valence-corrected chi connectivity index (χ2v) is 7.76. The van der Waals surface area contributed by atoms with Crippen molar-refractivity contribution in [2.45, 2.75) is 58.7 Å². The van der Waals surface area contributed by atoms with Crippen molar-refractivity contribution in [3.05, 3.63) is 47.5 Å². The van der Waals surface area contributed by atoms with Crippen molar-refractivity contribution in [2.24, 2.45) is 5.92 Å². The fourth-order valence-corrected chi connectivity index (χ4v) is 3.83. The molecule has 1 aliphatic heterocycles. The largest absolute Gasteiger partial charge is 0.481 e. The lowest BCUT2D eigenvalue weighted by Crippen LogP contribution is -2.31. The van der Waals surface area contributed by atoms with E-state index < -0.39 is 30.2 Å². The Labute approximate surface area is 186 Å². The summed E-state index contributed by atoms with van der Waals surface area (Å²) < 4.78 is 11.8. The third-order valence-corrected chi connectivity index (χ3v) is 5.48. The summed E-state index contributed by atoms with van der Waals surface area (Å²) >= 11 is 0. The molecule has 2 heterocycles. The van der Waals surface area contributed by atoms with Crippen LogP contribution in [0.15, 0.2) is 30.6 Å². The first-order chi connectivity index (χ1) is 15.4. The zero-order valence-corrected chi connectivity index (χ0v) is 18.4. The lowest BCUT2D eigenvalue weighted by Gasteiger charge is -2.20. The number of aliphatic carboxylic acids is 1. The third kappa shape index (κ3) is 5.87. The molecule has 0 radical (unpaired) electrons. The lowest BCUT2D eigenvalue weighted by atomic mass is 9.94. The van der Waals surface area contributed by atoms with Gasteiger partial charge >= 0.3 is 18.0 Å². The van der Waals surface area contributed by atoms with Gasteiger partial charge in [-0.2, -0.15) is 0 Å². The molecule has 9 heteroatoms. The van der Waals surface area contributed by atoms with E-state index in [1.165, 1.54) is 12.5 Å². The maximum atomic E-state index is 11.8. The molecule has 2 atom stereocenters. The Hall–Kier alpha value is -3.36. The number of alkyl carbamates (subject to hydrolysis) is 1. The molecule has 32 heavy (non-hydrogen) atoms. The number of hydrogen-bond acceptors (Lipinski definition) is 6. The summed E-state index contributed by atoms with van der Waals surface area (Å²) in [5, 5.41) is 12.2. The van der Waals surface area contributed by atoms with Crippen molar-refractivity contribution >= 4 is 18.0 Å². The lowest BCUT2D eigenvalue weighted by molar-refractivity contribution is -0.164. The zero-order valence-electron chi connectivity index (χ0n) is 18.4. The number of imidazole rings is 1. The number of para-hydroxylation sites is 1. The summed E-state index contributed by atoms with van der Waals surface area (Å²) in [5.74, 6) is -1.95. The monoisotopic (exact) mass is 443 g/mol. The highest BCUT2D eigenvalue weighted by atomic mass is 16.7. The Kier molecular flexibility index (Phi) is 7.86. The fraction of sp³-hybridized carbons (Fsp3) is 0.478. The Bertz CT molecular complexity index is 970. The molecule has 9 nitrogen and oxygen atoms in total. The number of amides is 1. The Morgan fingerprint density at radius 3 is 2.75 bits per heavy atom. The molecule has 0 spiro atoms. The molecule has 0 bridgehead atoms. The van der Waals surface area contributed by atoms with Crippen LogP contribution in [0.4, 0.5) is 4.79 Å². The topological polar surface area (TPSA) is 120 Å². The molecule has 0 saturated carbocycles. The highest BCUT2D eigenvalue weighted by molar-refractivity contribution is 5.71. The maximum Gasteiger partial charge on any atom is 0.410 e. The zero-order chi connectivity index (χ0) is 23.1. The van der Waals surface area contributed by atoms with Crippen LogP contribution in [0.5, 0.6) is 0 Å². The first-order valence-corrected chi connectivity index (χ1v) is 10.9. The minimum atomic E-state index is -0.980. The number of esters is 1. The number of hydrogen-bond donors (Lipinski definition) is 2. The van der Waals surface area contributed by atoms with Crippen molar-refractivity contribution in [1.82, 2.24) is 14.9 Å². The van der Waals surface area contributed by atoms with Gasteiger partial charge in [-0.3, -0.25) is 9.59 Å². The second-order valence-electron chi connectivity index (χ2n) is 7.76. The summed E-state index contributed by atoms with van der Waals surface area (Å²) in [7, 11) is 0. The molecule has 0 aliphatic carbocycles. The minimum absolute atomic E-state index is 0.193. The van der Waals surface area contributed by atoms with Crippen LogP contribution in [-0.4, -0.2) is 45.5 Å². The summed E-state index contributed by atoms with van der Waals surface area (Å²) in [6, 6.07) is 8.15. The van der Waals surface area contributed by atoms with Crippen molar-refractivity contribution in [3.8, 4) is 5.69 Å². The van der Waals surface area contributed by atoms with Crippen molar-refractivity contribution < 1.29 is 29.0 Å². The number of fused-ring (bicyclic) bond motifs is 3. The molecule has 0 fully saturated rings. The van der Waals surface area contributed by atoms with Gasteiger partial charge < -0.3 is 24.5 Å². The average Bonchev–Trinajstić information content (AvgIpc) is 3.18. The number of aryl methyl sites for hydroxylation is 1. The summed E-state index contributed by atoms with van der Waals surface area (Å²) in [5.41, 5.74) is 4.23. The van der Waals surface area contributed by atoms with E-state index in [2.05, 4.69) is 20.9 Å². The van der Waals surface area contributed by atoms with E-state index >= 15 is 0 Å². The fourth-order valence-electron chi connectivity index (χ4n) is 3.83. The van der Waals surface area contributed by atoms with Gasteiger partial charge in [0.05, 0.1) is 17.9 Å². The number of aromatic nitrogens is 2. The van der Waals surface area contributed by atoms with Gasteiger partial charge in [0.25, 0.3) is 0 Å². The number of nitrogens with zero attached hydrogens (tertiary/aromatic N) is 2. The Balaban J connectivity index is 1.49. The molecular formula is C23H29N3O6. The standard InChI is InChI=1S/C23H29N3O6/c1-3-21(27)31-15(2)32-23(30)24-12-6-8-17(22(28)29)13-18-20-11-10-16-7-4-5-9-19(16)26(20)14-25-18/h4-5,7,9,14-15,17H,3,6,8,10-13H2,1-2H3,(H,24,30)(H,28,29)/t15?,17-/m0/s1. The number of rotatable bonds is 10. The van der Waals surface area contributed by atoms with Gasteiger partial charge in [-0.25, -0.2) is 9.78 Å². The van der Waals surface area contributed by atoms with E-state index in [1.54, 1.807) is 13.3 Å². The molecule has 2 aromatic rings. The average molecular weight is 444 g/mol. The van der Waals surface area contributed by atoms with Gasteiger partial charge in [-0.15, -0.1) is 0 Å². The molecule has 1 aromatic carbocycles. The van der Waals surface area contributed by atoms with Gasteiger partial charge in [0.1, 0.15) is 0 Å². The molecule has 0 saturated heterocycles. The Morgan fingerprint density at radius 2 is 2.00 bits per heavy atom. The number of carboxylic acids is 1. The van der Waals surface area contributed by atoms with E-state index in [1.807, 2.05) is 18.2 Å². The van der Waals surface area contributed by atoms with Crippen molar-refractivity contribution in [2.75, 3.05) is 6.54 Å². The van der Waals surface area contributed by atoms with Crippen LogP contribution in [0.25, 0.3) is 5.69 Å². The first kappa shape index (κ1) is 23.3. The molecule has 2 N–H and O–H groups in total. The normalized spacial score (nSPS) is 13.9. The van der Waals surface area contributed by atoms with Gasteiger partial charge in [0.15, 0.2) is 0 Å². The minimum Gasteiger partial charge on any atom is -0.481 e. The van der Waals surface area contributed by atoms with E-state index in [0.717, 1.165) is 29.9 Å². The predicted molar refractivity (Wildman–Crippen MR) is 115 cm³/mol. The smallest absolute Gasteiger partial charge is 0.410 e. The quantitative estimate of drug-likeness (QED) is 0.329. The van der Waals surface area contributed by atoms with Crippen LogP contribution in [-0.2, 0) is 38.3 Å². The van der Waals surface area contributed by atoms with Crippen LogP contribution in [0.1, 0.15) is 50.1 Å². The SMILES string of the molecule is CCC(=O)OC(C)OC(=O)NCCC[C@@H](Cc1ncn2c1CCc1ccccc1-2)C(=O)O. The molecule has 1 aliphatic rings. The number of carbonyl (C=O) groups is 3. The number of carbonyl (C=O) groups excluding carboxylic acids is 2. The molecule has 1 aromatic heterocycles. The Morgan fingerprint density at radius 1 is 1.22 bits per heavy atom. The maximum absolute atomic E-state index is 11.8. The second kappa shape index (κ2) is 10.8. The van der Waals surface area contributed by atoms with E-state index in [4.69, 9.17) is 9.47 Å². The van der Waals surface area contributed by atoms with Crippen molar-refractivity contribution in [3.63, 3.8) is 0 Å². The highest BCUT2D eigenvalue weighted by Crippen LogP contribution is 2.28.